The number of rotatable bonds is 3. The molecule has 0 heterocycles. The van der Waals surface area contributed by atoms with Crippen molar-refractivity contribution in [1.29, 1.82) is 0 Å². The number of aryl methyl sites for hydroxylation is 2. The number of halogens is 1. The van der Waals surface area contributed by atoms with Gasteiger partial charge in [-0.15, -0.1) is 0 Å². The molecule has 0 bridgehead atoms. The normalized spacial score (nSPS) is 13.2. The first-order chi connectivity index (χ1) is 9.63. The highest BCUT2D eigenvalue weighted by Gasteiger charge is 2.15. The van der Waals surface area contributed by atoms with E-state index in [0.717, 1.165) is 23.8 Å². The van der Waals surface area contributed by atoms with Crippen molar-refractivity contribution in [2.45, 2.75) is 29.1 Å². The van der Waals surface area contributed by atoms with Gasteiger partial charge < -0.3 is 5.11 Å². The molecule has 0 aliphatic heterocycles. The van der Waals surface area contributed by atoms with E-state index in [2.05, 4.69) is 12.1 Å². The second-order valence-corrected chi connectivity index (χ2v) is 5.95. The average Bonchev–Trinajstić information content (AvgIpc) is 2.88. The molecule has 20 heavy (non-hydrogen) atoms. The Morgan fingerprint density at radius 2 is 1.90 bits per heavy atom. The molecule has 0 unspecified atom stereocenters. The first-order valence-corrected chi connectivity index (χ1v) is 7.27. The fraction of sp³-hybridized carbons (Fsp3) is 0.188. The van der Waals surface area contributed by atoms with E-state index in [9.17, 15) is 9.18 Å². The quantitative estimate of drug-likeness (QED) is 0.921. The second-order valence-electron chi connectivity index (χ2n) is 4.83. The summed E-state index contributed by atoms with van der Waals surface area (Å²) in [5.74, 6) is -1.63. The van der Waals surface area contributed by atoms with Crippen LogP contribution in [0, 0.1) is 5.82 Å². The topological polar surface area (TPSA) is 37.3 Å². The van der Waals surface area contributed by atoms with Gasteiger partial charge in [-0.3, -0.25) is 0 Å². The predicted molar refractivity (Wildman–Crippen MR) is 75.9 cm³/mol. The maximum absolute atomic E-state index is 13.2. The van der Waals surface area contributed by atoms with Crippen LogP contribution in [0.5, 0.6) is 0 Å². The lowest BCUT2D eigenvalue weighted by atomic mass is 10.1. The molecule has 0 saturated carbocycles. The Morgan fingerprint density at radius 1 is 1.10 bits per heavy atom. The van der Waals surface area contributed by atoms with Gasteiger partial charge in [-0.1, -0.05) is 17.8 Å². The third-order valence-corrected chi connectivity index (χ3v) is 4.54. The molecular formula is C16H13FO2S. The van der Waals surface area contributed by atoms with Crippen LogP contribution in [-0.4, -0.2) is 11.1 Å². The Hall–Kier alpha value is -1.81. The number of hydrogen-bond donors (Lipinski definition) is 1. The Kier molecular flexibility index (Phi) is 3.49. The highest BCUT2D eigenvalue weighted by Crippen LogP contribution is 2.34. The third-order valence-electron chi connectivity index (χ3n) is 3.47. The summed E-state index contributed by atoms with van der Waals surface area (Å²) in [5, 5.41) is 9.14. The lowest BCUT2D eigenvalue weighted by Crippen LogP contribution is -1.99. The van der Waals surface area contributed by atoms with E-state index < -0.39 is 11.8 Å². The maximum Gasteiger partial charge on any atom is 0.336 e. The van der Waals surface area contributed by atoms with Gasteiger partial charge in [0.25, 0.3) is 0 Å². The highest BCUT2D eigenvalue weighted by atomic mass is 32.2. The van der Waals surface area contributed by atoms with Crippen LogP contribution in [0.2, 0.25) is 0 Å². The van der Waals surface area contributed by atoms with Crippen molar-refractivity contribution < 1.29 is 14.3 Å². The van der Waals surface area contributed by atoms with E-state index in [0.29, 0.717) is 4.90 Å². The van der Waals surface area contributed by atoms with E-state index in [4.69, 9.17) is 5.11 Å². The van der Waals surface area contributed by atoms with Gasteiger partial charge in [0.05, 0.1) is 5.56 Å². The lowest BCUT2D eigenvalue weighted by Gasteiger charge is -2.08. The van der Waals surface area contributed by atoms with Crippen LogP contribution in [0.1, 0.15) is 27.9 Å². The van der Waals surface area contributed by atoms with Gasteiger partial charge in [0, 0.05) is 9.79 Å². The second kappa shape index (κ2) is 5.29. The minimum absolute atomic E-state index is 0.00972. The van der Waals surface area contributed by atoms with E-state index in [1.807, 2.05) is 6.07 Å². The minimum atomic E-state index is -1.10. The molecule has 1 N–H and O–H groups in total. The molecule has 3 rings (SSSR count). The van der Waals surface area contributed by atoms with Crippen LogP contribution in [0.25, 0.3) is 0 Å². The summed E-state index contributed by atoms with van der Waals surface area (Å²) in [7, 11) is 0. The van der Waals surface area contributed by atoms with Gasteiger partial charge in [-0.2, -0.15) is 0 Å². The van der Waals surface area contributed by atoms with Crippen LogP contribution in [0.15, 0.2) is 46.2 Å². The average molecular weight is 288 g/mol. The van der Waals surface area contributed by atoms with Crippen molar-refractivity contribution in [3.05, 3.63) is 58.9 Å². The van der Waals surface area contributed by atoms with Gasteiger partial charge >= 0.3 is 5.97 Å². The number of carboxylic acids is 1. The summed E-state index contributed by atoms with van der Waals surface area (Å²) in [4.78, 5) is 12.7. The van der Waals surface area contributed by atoms with E-state index in [1.165, 1.54) is 41.4 Å². The van der Waals surface area contributed by atoms with Crippen molar-refractivity contribution in [2.24, 2.45) is 0 Å². The number of fused-ring (bicyclic) bond motifs is 1. The summed E-state index contributed by atoms with van der Waals surface area (Å²) in [6.07, 6.45) is 3.39. The van der Waals surface area contributed by atoms with Crippen LogP contribution in [0.3, 0.4) is 0 Å². The molecule has 2 aromatic rings. The fourth-order valence-corrected chi connectivity index (χ4v) is 3.48. The standard InChI is InChI=1S/C16H13FO2S/c17-12-5-7-15(14(9-12)16(18)19)20-13-6-4-10-2-1-3-11(10)8-13/h4-9H,1-3H2,(H,18,19). The molecule has 102 valence electrons. The van der Waals surface area contributed by atoms with E-state index >= 15 is 0 Å². The molecule has 2 nitrogen and oxygen atoms in total. The van der Waals surface area contributed by atoms with Crippen LogP contribution < -0.4 is 0 Å². The molecule has 0 fully saturated rings. The monoisotopic (exact) mass is 288 g/mol. The van der Waals surface area contributed by atoms with Crippen LogP contribution in [-0.2, 0) is 12.8 Å². The Labute approximate surface area is 120 Å². The number of carbonyl (C=O) groups is 1. The third kappa shape index (κ3) is 2.56. The SMILES string of the molecule is O=C(O)c1cc(F)ccc1Sc1ccc2c(c1)CCC2. The first kappa shape index (κ1) is 13.2. The zero-order valence-electron chi connectivity index (χ0n) is 10.7. The largest absolute Gasteiger partial charge is 0.478 e. The van der Waals surface area contributed by atoms with Gasteiger partial charge in [-0.25, -0.2) is 9.18 Å². The molecule has 2 aromatic carbocycles. The predicted octanol–water partition coefficient (Wildman–Crippen LogP) is 4.16. The molecular weight excluding hydrogens is 275 g/mol. The Bertz CT molecular complexity index is 682. The molecule has 0 radical (unpaired) electrons. The summed E-state index contributed by atoms with van der Waals surface area (Å²) in [6.45, 7) is 0. The summed E-state index contributed by atoms with van der Waals surface area (Å²) < 4.78 is 13.2. The molecule has 0 saturated heterocycles. The lowest BCUT2D eigenvalue weighted by molar-refractivity contribution is 0.0692. The Morgan fingerprint density at radius 3 is 2.70 bits per heavy atom. The maximum atomic E-state index is 13.2. The zero-order chi connectivity index (χ0) is 14.1. The van der Waals surface area contributed by atoms with Gasteiger partial charge in [0.2, 0.25) is 0 Å². The van der Waals surface area contributed by atoms with Crippen molar-refractivity contribution in [3.63, 3.8) is 0 Å². The summed E-state index contributed by atoms with van der Waals surface area (Å²) in [6, 6.07) is 10.1. The molecule has 0 amide bonds. The van der Waals surface area contributed by atoms with Crippen molar-refractivity contribution >= 4 is 17.7 Å². The number of aromatic carboxylic acids is 1. The summed E-state index contributed by atoms with van der Waals surface area (Å²) in [5.41, 5.74) is 2.73. The van der Waals surface area contributed by atoms with Gasteiger partial charge in [0.15, 0.2) is 0 Å². The zero-order valence-corrected chi connectivity index (χ0v) is 11.5. The summed E-state index contributed by atoms with van der Waals surface area (Å²) >= 11 is 1.37. The molecule has 0 spiro atoms. The van der Waals surface area contributed by atoms with E-state index in [1.54, 1.807) is 0 Å². The van der Waals surface area contributed by atoms with Gasteiger partial charge in [0.1, 0.15) is 5.82 Å². The number of carboxylic acid groups (broad SMARTS) is 1. The number of hydrogen-bond acceptors (Lipinski definition) is 2. The van der Waals surface area contributed by atoms with E-state index in [-0.39, 0.29) is 5.56 Å². The van der Waals surface area contributed by atoms with Crippen molar-refractivity contribution in [1.82, 2.24) is 0 Å². The van der Waals surface area contributed by atoms with Crippen molar-refractivity contribution in [3.8, 4) is 0 Å². The molecule has 1 aliphatic rings. The molecule has 1 aliphatic carbocycles. The molecule has 0 atom stereocenters. The minimum Gasteiger partial charge on any atom is -0.478 e. The highest BCUT2D eigenvalue weighted by molar-refractivity contribution is 7.99. The van der Waals surface area contributed by atoms with Crippen LogP contribution in [0.4, 0.5) is 4.39 Å². The van der Waals surface area contributed by atoms with Gasteiger partial charge in [-0.05, 0) is 60.7 Å². The smallest absolute Gasteiger partial charge is 0.336 e. The fourth-order valence-electron chi connectivity index (χ4n) is 2.50. The first-order valence-electron chi connectivity index (χ1n) is 6.46. The van der Waals surface area contributed by atoms with Crippen LogP contribution >= 0.6 is 11.8 Å². The number of benzene rings is 2. The molecule has 0 aromatic heterocycles. The van der Waals surface area contributed by atoms with Crippen molar-refractivity contribution in [2.75, 3.05) is 0 Å². The Balaban J connectivity index is 1.93. The molecule has 4 heteroatoms.